The second-order valence-electron chi connectivity index (χ2n) is 9.06. The van der Waals surface area contributed by atoms with Crippen molar-refractivity contribution in [2.75, 3.05) is 0 Å². The molecule has 3 heteroatoms. The van der Waals surface area contributed by atoms with Crippen molar-refractivity contribution < 1.29 is 14.3 Å². The zero-order chi connectivity index (χ0) is 16.9. The maximum absolute atomic E-state index is 12.5. The van der Waals surface area contributed by atoms with Crippen LogP contribution < -0.4 is 0 Å². The second kappa shape index (κ2) is 4.30. The smallest absolute Gasteiger partial charge is 0.187 e. The minimum Gasteiger partial charge on any atom is -0.352 e. The molecule has 24 heavy (non-hydrogen) atoms. The molecule has 4 aliphatic carbocycles. The number of rotatable bonds is 0. The molecule has 1 heterocycles. The van der Waals surface area contributed by atoms with E-state index in [0.29, 0.717) is 23.5 Å². The molecule has 1 spiro atoms. The molecule has 5 aliphatic rings. The van der Waals surface area contributed by atoms with Crippen molar-refractivity contribution in [3.05, 3.63) is 23.8 Å². The lowest BCUT2D eigenvalue weighted by molar-refractivity contribution is -0.133. The van der Waals surface area contributed by atoms with Crippen molar-refractivity contribution in [1.29, 1.82) is 0 Å². The van der Waals surface area contributed by atoms with E-state index in [2.05, 4.69) is 32.9 Å². The quantitative estimate of drug-likeness (QED) is 0.504. The molecule has 3 nitrogen and oxygen atoms in total. The van der Waals surface area contributed by atoms with Gasteiger partial charge in [-0.1, -0.05) is 26.0 Å². The lowest BCUT2D eigenvalue weighted by atomic mass is 9.45. The van der Waals surface area contributed by atoms with Crippen LogP contribution in [-0.2, 0) is 14.3 Å². The van der Waals surface area contributed by atoms with E-state index in [-0.39, 0.29) is 28.3 Å². The lowest BCUT2D eigenvalue weighted by Gasteiger charge is -2.57. The number of carbonyl (C=O) groups is 2. The Morgan fingerprint density at radius 2 is 2.00 bits per heavy atom. The molecule has 128 valence electrons. The van der Waals surface area contributed by atoms with E-state index in [4.69, 9.17) is 4.74 Å². The number of ketones is 2. The molecule has 2 unspecified atom stereocenters. The summed E-state index contributed by atoms with van der Waals surface area (Å²) < 4.78 is 6.15. The fourth-order valence-corrected chi connectivity index (χ4v) is 7.10. The third-order valence-corrected chi connectivity index (χ3v) is 8.47. The zero-order valence-electron chi connectivity index (χ0n) is 14.8. The first-order valence-corrected chi connectivity index (χ1v) is 9.48. The molecule has 0 aromatic heterocycles. The number of carbonyl (C=O) groups excluding carboxylic acids is 2. The first-order chi connectivity index (χ1) is 11.4. The fraction of sp³-hybridized carbons (Fsp3) is 0.714. The molecule has 0 bridgehead atoms. The van der Waals surface area contributed by atoms with E-state index in [1.807, 2.05) is 0 Å². The largest absolute Gasteiger partial charge is 0.352 e. The van der Waals surface area contributed by atoms with E-state index in [0.717, 1.165) is 32.1 Å². The van der Waals surface area contributed by atoms with E-state index in [9.17, 15) is 9.59 Å². The van der Waals surface area contributed by atoms with Gasteiger partial charge in [0.15, 0.2) is 11.9 Å². The number of Topliss-reactive ketones (excluding diaryl/α,β-unsaturated/α-hetero) is 1. The van der Waals surface area contributed by atoms with Gasteiger partial charge in [0.25, 0.3) is 0 Å². The molecule has 0 aromatic carbocycles. The van der Waals surface area contributed by atoms with E-state index >= 15 is 0 Å². The maximum Gasteiger partial charge on any atom is 0.187 e. The van der Waals surface area contributed by atoms with Gasteiger partial charge in [0.1, 0.15) is 11.4 Å². The van der Waals surface area contributed by atoms with Gasteiger partial charge in [0.05, 0.1) is 0 Å². The summed E-state index contributed by atoms with van der Waals surface area (Å²) in [6, 6.07) is 0. The molecule has 7 atom stereocenters. The van der Waals surface area contributed by atoms with Gasteiger partial charge < -0.3 is 4.74 Å². The van der Waals surface area contributed by atoms with Crippen LogP contribution in [0.1, 0.15) is 52.9 Å². The van der Waals surface area contributed by atoms with E-state index in [1.165, 1.54) is 5.57 Å². The first-order valence-electron chi connectivity index (χ1n) is 9.48. The average Bonchev–Trinajstić information content (AvgIpc) is 3.25. The molecular formula is C21H26O3. The molecular weight excluding hydrogens is 300 g/mol. The molecule has 0 amide bonds. The monoisotopic (exact) mass is 326 g/mol. The minimum absolute atomic E-state index is 0.108. The van der Waals surface area contributed by atoms with Crippen LogP contribution in [0.5, 0.6) is 0 Å². The lowest BCUT2D eigenvalue weighted by Crippen LogP contribution is -2.57. The van der Waals surface area contributed by atoms with Gasteiger partial charge in [-0.2, -0.15) is 0 Å². The van der Waals surface area contributed by atoms with Gasteiger partial charge in [-0.25, -0.2) is 0 Å². The summed E-state index contributed by atoms with van der Waals surface area (Å²) in [6.45, 7) is 6.59. The topological polar surface area (TPSA) is 46.7 Å². The number of allylic oxidation sites excluding steroid dienone is 1. The van der Waals surface area contributed by atoms with Crippen LogP contribution in [0.4, 0.5) is 0 Å². The molecule has 3 saturated carbocycles. The Morgan fingerprint density at radius 3 is 2.75 bits per heavy atom. The molecule has 0 N–H and O–H groups in total. The maximum atomic E-state index is 12.5. The van der Waals surface area contributed by atoms with Crippen molar-refractivity contribution in [3.8, 4) is 0 Å². The summed E-state index contributed by atoms with van der Waals surface area (Å²) in [6.07, 6.45) is 10.7. The third-order valence-electron chi connectivity index (χ3n) is 8.47. The second-order valence-corrected chi connectivity index (χ2v) is 9.06. The normalized spacial score (nSPS) is 56.5. The Kier molecular flexibility index (Phi) is 2.70. The van der Waals surface area contributed by atoms with Crippen molar-refractivity contribution >= 4 is 11.6 Å². The van der Waals surface area contributed by atoms with Crippen LogP contribution in [0.2, 0.25) is 0 Å². The minimum atomic E-state index is -0.384. The molecule has 1 aliphatic heterocycles. The van der Waals surface area contributed by atoms with Gasteiger partial charge in [-0.15, -0.1) is 0 Å². The van der Waals surface area contributed by atoms with Crippen LogP contribution in [-0.4, -0.2) is 23.3 Å². The molecule has 0 aromatic rings. The highest BCUT2D eigenvalue weighted by Crippen LogP contribution is 2.71. The van der Waals surface area contributed by atoms with Gasteiger partial charge in [0.2, 0.25) is 0 Å². The summed E-state index contributed by atoms with van der Waals surface area (Å²) in [4.78, 5) is 24.8. The standard InChI is InChI=1S/C21H26O3/c1-4-12-11-13-14-5-6-17(23)19(14,2)9-7-15(13)20(3)10-8-16(22)18-21(12,20)24-18/h4,8,10,13-15,18H,5-7,9,11H2,1-3H3/b12-4+/t13-,14-,15-,18?,19-,20+,21?/m0/s1. The van der Waals surface area contributed by atoms with E-state index in [1.54, 1.807) is 6.08 Å². The Labute approximate surface area is 143 Å². The first kappa shape index (κ1) is 15.1. The van der Waals surface area contributed by atoms with Crippen LogP contribution in [0.15, 0.2) is 23.8 Å². The average molecular weight is 326 g/mol. The number of hydrogen-bond acceptors (Lipinski definition) is 3. The number of epoxide rings is 1. The number of ether oxygens (including phenoxy) is 1. The third kappa shape index (κ3) is 1.42. The Hall–Kier alpha value is -1.22. The SMILES string of the molecule is C/C=C1\C[C@H]2[C@@H]3CCC(=O)[C@@]3(C)CC[C@@H]2[C@@]2(C)C=CC(=O)C3OC132. The van der Waals surface area contributed by atoms with Gasteiger partial charge >= 0.3 is 0 Å². The predicted molar refractivity (Wildman–Crippen MR) is 90.3 cm³/mol. The summed E-state index contributed by atoms with van der Waals surface area (Å²) >= 11 is 0. The van der Waals surface area contributed by atoms with Crippen molar-refractivity contribution in [1.82, 2.24) is 0 Å². The van der Waals surface area contributed by atoms with Crippen LogP contribution in [0.25, 0.3) is 0 Å². The van der Waals surface area contributed by atoms with Crippen molar-refractivity contribution in [3.63, 3.8) is 0 Å². The predicted octanol–water partition coefficient (Wildman–Crippen LogP) is 3.63. The molecule has 0 radical (unpaired) electrons. The van der Waals surface area contributed by atoms with Crippen LogP contribution in [0, 0.1) is 28.6 Å². The van der Waals surface area contributed by atoms with Crippen molar-refractivity contribution in [2.24, 2.45) is 28.6 Å². The molecule has 1 saturated heterocycles. The Balaban J connectivity index is 1.63. The summed E-state index contributed by atoms with van der Waals surface area (Å²) in [5, 5.41) is 0. The van der Waals surface area contributed by atoms with Gasteiger partial charge in [0, 0.05) is 17.3 Å². The summed E-state index contributed by atoms with van der Waals surface area (Å²) in [5.74, 6) is 2.16. The number of fused-ring (bicyclic) bond motifs is 4. The van der Waals surface area contributed by atoms with Crippen LogP contribution >= 0.6 is 0 Å². The Bertz CT molecular complexity index is 719. The summed E-state index contributed by atoms with van der Waals surface area (Å²) in [5.41, 5.74) is 0.699. The van der Waals surface area contributed by atoms with Gasteiger partial charge in [-0.3, -0.25) is 9.59 Å². The highest BCUT2D eigenvalue weighted by molar-refractivity contribution is 5.99. The Morgan fingerprint density at radius 1 is 1.21 bits per heavy atom. The summed E-state index contributed by atoms with van der Waals surface area (Å²) in [7, 11) is 0. The fourth-order valence-electron chi connectivity index (χ4n) is 7.10. The van der Waals surface area contributed by atoms with Crippen molar-refractivity contribution in [2.45, 2.75) is 64.6 Å². The highest BCUT2D eigenvalue weighted by atomic mass is 16.6. The molecule has 4 fully saturated rings. The van der Waals surface area contributed by atoms with Crippen LogP contribution in [0.3, 0.4) is 0 Å². The number of hydrogen-bond donors (Lipinski definition) is 0. The zero-order valence-corrected chi connectivity index (χ0v) is 14.8. The molecule has 5 rings (SSSR count). The highest BCUT2D eigenvalue weighted by Gasteiger charge is 2.77. The van der Waals surface area contributed by atoms with Gasteiger partial charge in [-0.05, 0) is 62.0 Å². The van der Waals surface area contributed by atoms with E-state index < -0.39 is 0 Å².